The number of aromatic nitrogens is 2. The van der Waals surface area contributed by atoms with E-state index in [9.17, 15) is 14.4 Å². The van der Waals surface area contributed by atoms with E-state index in [-0.39, 0.29) is 23.1 Å². The van der Waals surface area contributed by atoms with Crippen molar-refractivity contribution in [2.24, 2.45) is 11.8 Å². The minimum absolute atomic E-state index is 0.0989. The average molecular weight is 494 g/mol. The highest BCUT2D eigenvalue weighted by molar-refractivity contribution is 7.17. The highest BCUT2D eigenvalue weighted by Crippen LogP contribution is 2.31. The molecular formula is C28H35N3O3S. The summed E-state index contributed by atoms with van der Waals surface area (Å²) in [6, 6.07) is 8.17. The standard InChI is InChI=1S/C28H35N3O3S/c1-19-6-7-20(2)23(16-19)18-30-24-12-15-35-25(24)27(33)31(28(30)34)17-21-8-10-22(11-9-21)26(32)29-13-4-3-5-14-29/h6-7,12,15-16,21-22H,3-5,8-11,13-14,17-18H2,1-2H3. The minimum atomic E-state index is -0.228. The molecule has 2 aromatic heterocycles. The number of hydrogen-bond donors (Lipinski definition) is 0. The first-order chi connectivity index (χ1) is 16.9. The van der Waals surface area contributed by atoms with Gasteiger partial charge in [-0.2, -0.15) is 0 Å². The molecule has 0 bridgehead atoms. The maximum atomic E-state index is 13.6. The van der Waals surface area contributed by atoms with Gasteiger partial charge in [0.1, 0.15) is 4.70 Å². The SMILES string of the molecule is Cc1ccc(C)c(Cn2c(=O)n(CC3CCC(C(=O)N4CCCCC4)CC3)c(=O)c3sccc32)c1. The summed E-state index contributed by atoms with van der Waals surface area (Å²) in [5.74, 6) is 0.662. The fraction of sp³-hybridized carbons (Fsp3) is 0.536. The Hall–Kier alpha value is -2.67. The molecule has 3 heterocycles. The summed E-state index contributed by atoms with van der Waals surface area (Å²) in [6.45, 7) is 6.80. The van der Waals surface area contributed by atoms with Crippen LogP contribution in [-0.4, -0.2) is 33.0 Å². The van der Waals surface area contributed by atoms with Crippen LogP contribution in [0.2, 0.25) is 0 Å². The lowest BCUT2D eigenvalue weighted by Crippen LogP contribution is -2.43. The van der Waals surface area contributed by atoms with Crippen LogP contribution < -0.4 is 11.2 Å². The van der Waals surface area contributed by atoms with Gasteiger partial charge < -0.3 is 4.90 Å². The van der Waals surface area contributed by atoms with Gasteiger partial charge in [0, 0.05) is 25.6 Å². The van der Waals surface area contributed by atoms with Crippen molar-refractivity contribution in [2.45, 2.75) is 71.9 Å². The smallest absolute Gasteiger partial charge is 0.331 e. The Morgan fingerprint density at radius 2 is 1.71 bits per heavy atom. The van der Waals surface area contributed by atoms with Gasteiger partial charge in [-0.3, -0.25) is 18.7 Å². The zero-order chi connectivity index (χ0) is 24.5. The molecule has 0 radical (unpaired) electrons. The summed E-state index contributed by atoms with van der Waals surface area (Å²) in [5, 5.41) is 1.90. The van der Waals surface area contributed by atoms with Gasteiger partial charge in [-0.1, -0.05) is 23.8 Å². The third-order valence-corrected chi connectivity index (χ3v) is 8.87. The number of nitrogens with zero attached hydrogens (tertiary/aromatic N) is 3. The van der Waals surface area contributed by atoms with Crippen LogP contribution in [0.4, 0.5) is 0 Å². The summed E-state index contributed by atoms with van der Waals surface area (Å²) in [7, 11) is 0. The van der Waals surface area contributed by atoms with E-state index in [0.29, 0.717) is 23.7 Å². The molecule has 0 atom stereocenters. The summed E-state index contributed by atoms with van der Waals surface area (Å²) in [4.78, 5) is 41.9. The van der Waals surface area contributed by atoms with Crippen LogP contribution in [0.3, 0.4) is 0 Å². The van der Waals surface area contributed by atoms with Gasteiger partial charge in [-0.25, -0.2) is 4.79 Å². The zero-order valence-corrected chi connectivity index (χ0v) is 21.6. The van der Waals surface area contributed by atoms with Gasteiger partial charge in [0.05, 0.1) is 12.1 Å². The van der Waals surface area contributed by atoms with Crippen LogP contribution >= 0.6 is 11.3 Å². The fourth-order valence-corrected chi connectivity index (χ4v) is 6.65. The van der Waals surface area contributed by atoms with Gasteiger partial charge in [0.25, 0.3) is 5.56 Å². The van der Waals surface area contributed by atoms with Crippen molar-refractivity contribution in [3.63, 3.8) is 0 Å². The molecule has 1 saturated heterocycles. The predicted molar refractivity (Wildman–Crippen MR) is 141 cm³/mol. The molecule has 3 aromatic rings. The quantitative estimate of drug-likeness (QED) is 0.517. The zero-order valence-electron chi connectivity index (χ0n) is 20.8. The van der Waals surface area contributed by atoms with Crippen molar-refractivity contribution in [3.05, 3.63) is 67.2 Å². The van der Waals surface area contributed by atoms with Crippen molar-refractivity contribution in [3.8, 4) is 0 Å². The molecule has 2 aliphatic rings. The Morgan fingerprint density at radius 1 is 0.971 bits per heavy atom. The number of rotatable bonds is 5. The van der Waals surface area contributed by atoms with Crippen molar-refractivity contribution >= 4 is 27.5 Å². The first-order valence-corrected chi connectivity index (χ1v) is 13.9. The van der Waals surface area contributed by atoms with E-state index in [0.717, 1.165) is 73.8 Å². The van der Waals surface area contributed by atoms with E-state index in [1.54, 1.807) is 4.57 Å². The normalized spacial score (nSPS) is 20.9. The van der Waals surface area contributed by atoms with Crippen LogP contribution in [0.5, 0.6) is 0 Å². The summed E-state index contributed by atoms with van der Waals surface area (Å²) < 4.78 is 3.87. The maximum absolute atomic E-state index is 13.6. The molecule has 0 unspecified atom stereocenters. The number of piperidine rings is 1. The Kier molecular flexibility index (Phi) is 6.96. The number of carbonyl (C=O) groups is 1. The predicted octanol–water partition coefficient (Wildman–Crippen LogP) is 4.71. The molecular weight excluding hydrogens is 458 g/mol. The van der Waals surface area contributed by atoms with Crippen molar-refractivity contribution in [1.29, 1.82) is 0 Å². The van der Waals surface area contributed by atoms with Gasteiger partial charge in [0.15, 0.2) is 0 Å². The second kappa shape index (κ2) is 10.1. The van der Waals surface area contributed by atoms with Crippen molar-refractivity contribution < 1.29 is 4.79 Å². The molecule has 186 valence electrons. The lowest BCUT2D eigenvalue weighted by atomic mass is 9.81. The molecule has 1 amide bonds. The average Bonchev–Trinajstić information content (AvgIpc) is 3.37. The second-order valence-corrected chi connectivity index (χ2v) is 11.4. The highest BCUT2D eigenvalue weighted by Gasteiger charge is 2.30. The Morgan fingerprint density at radius 3 is 2.46 bits per heavy atom. The van der Waals surface area contributed by atoms with Crippen LogP contribution in [0.15, 0.2) is 39.2 Å². The van der Waals surface area contributed by atoms with Gasteiger partial charge in [-0.15, -0.1) is 11.3 Å². The summed E-state index contributed by atoms with van der Waals surface area (Å²) in [6.07, 6.45) is 6.93. The molecule has 0 spiro atoms. The number of likely N-dealkylation sites (tertiary alicyclic amines) is 1. The van der Waals surface area contributed by atoms with E-state index >= 15 is 0 Å². The molecule has 35 heavy (non-hydrogen) atoms. The molecule has 1 aromatic carbocycles. The van der Waals surface area contributed by atoms with E-state index in [1.807, 2.05) is 11.4 Å². The highest BCUT2D eigenvalue weighted by atomic mass is 32.1. The van der Waals surface area contributed by atoms with E-state index in [2.05, 4.69) is 36.9 Å². The first kappa shape index (κ1) is 24.0. The van der Waals surface area contributed by atoms with Crippen LogP contribution in [0, 0.1) is 25.7 Å². The van der Waals surface area contributed by atoms with Crippen molar-refractivity contribution in [2.75, 3.05) is 13.1 Å². The number of fused-ring (bicyclic) bond motifs is 1. The molecule has 2 fully saturated rings. The van der Waals surface area contributed by atoms with Gasteiger partial charge in [0.2, 0.25) is 5.91 Å². The van der Waals surface area contributed by atoms with E-state index in [1.165, 1.54) is 22.3 Å². The lowest BCUT2D eigenvalue weighted by Gasteiger charge is -2.34. The number of aryl methyl sites for hydroxylation is 2. The largest absolute Gasteiger partial charge is 0.342 e. The summed E-state index contributed by atoms with van der Waals surface area (Å²) >= 11 is 1.41. The maximum Gasteiger partial charge on any atom is 0.331 e. The lowest BCUT2D eigenvalue weighted by molar-refractivity contribution is -0.137. The minimum Gasteiger partial charge on any atom is -0.342 e. The molecule has 0 N–H and O–H groups in total. The molecule has 1 saturated carbocycles. The molecule has 1 aliphatic carbocycles. The third kappa shape index (κ3) is 4.88. The van der Waals surface area contributed by atoms with Gasteiger partial charge >= 0.3 is 5.69 Å². The Balaban J connectivity index is 1.36. The topological polar surface area (TPSA) is 64.3 Å². The van der Waals surface area contributed by atoms with Gasteiger partial charge in [-0.05, 0) is 87.3 Å². The number of amides is 1. The fourth-order valence-electron chi connectivity index (χ4n) is 5.81. The molecule has 5 rings (SSSR count). The Labute approximate surface area is 210 Å². The molecule has 6 nitrogen and oxygen atoms in total. The first-order valence-electron chi connectivity index (χ1n) is 13.0. The van der Waals surface area contributed by atoms with Crippen LogP contribution in [0.1, 0.15) is 61.6 Å². The van der Waals surface area contributed by atoms with E-state index in [4.69, 9.17) is 0 Å². The van der Waals surface area contributed by atoms with Crippen LogP contribution in [-0.2, 0) is 17.9 Å². The van der Waals surface area contributed by atoms with E-state index < -0.39 is 0 Å². The van der Waals surface area contributed by atoms with Crippen molar-refractivity contribution in [1.82, 2.24) is 14.0 Å². The number of carbonyl (C=O) groups excluding carboxylic acids is 1. The third-order valence-electron chi connectivity index (χ3n) is 7.97. The monoisotopic (exact) mass is 493 g/mol. The summed E-state index contributed by atoms with van der Waals surface area (Å²) in [5.41, 5.74) is 3.71. The molecule has 7 heteroatoms. The number of benzene rings is 1. The molecule has 1 aliphatic heterocycles. The Bertz CT molecular complexity index is 1340. The number of thiophene rings is 1. The number of hydrogen-bond acceptors (Lipinski definition) is 4. The second-order valence-electron chi connectivity index (χ2n) is 10.5. The van der Waals surface area contributed by atoms with Crippen LogP contribution in [0.25, 0.3) is 10.2 Å².